The van der Waals surface area contributed by atoms with E-state index < -0.39 is 0 Å². The van der Waals surface area contributed by atoms with Crippen LogP contribution in [0.5, 0.6) is 0 Å². The molecular formula is C9H15N5O. The van der Waals surface area contributed by atoms with E-state index in [1.54, 1.807) is 24.0 Å². The number of nitrogens with zero attached hydrogens (tertiary/aromatic N) is 2. The minimum Gasteiger partial charge on any atom is -0.313 e. The van der Waals surface area contributed by atoms with Crippen molar-refractivity contribution in [1.29, 1.82) is 0 Å². The lowest BCUT2D eigenvalue weighted by atomic mass is 10.2. The van der Waals surface area contributed by atoms with Crippen LogP contribution in [0.25, 0.3) is 0 Å². The van der Waals surface area contributed by atoms with Gasteiger partial charge in [0.05, 0.1) is 12.2 Å². The first-order valence-electron chi connectivity index (χ1n) is 5.00. The van der Waals surface area contributed by atoms with Crippen molar-refractivity contribution >= 4 is 11.7 Å². The molecule has 0 saturated carbocycles. The zero-order chi connectivity index (χ0) is 10.7. The van der Waals surface area contributed by atoms with Crippen molar-refractivity contribution in [1.82, 2.24) is 20.4 Å². The van der Waals surface area contributed by atoms with E-state index in [1.807, 2.05) is 0 Å². The highest BCUT2D eigenvalue weighted by Gasteiger charge is 2.20. The molecule has 3 N–H and O–H groups in total. The van der Waals surface area contributed by atoms with Crippen LogP contribution in [0.4, 0.5) is 5.82 Å². The maximum absolute atomic E-state index is 11.8. The largest absolute Gasteiger partial charge is 0.313 e. The molecule has 0 aromatic carbocycles. The Bertz CT molecular complexity index is 342. The van der Waals surface area contributed by atoms with Gasteiger partial charge in [0.15, 0.2) is 0 Å². The SMILES string of the molecule is Cn1nccc1NC(=O)C1CNCCN1. The fourth-order valence-electron chi connectivity index (χ4n) is 1.55. The Balaban J connectivity index is 1.94. The molecule has 6 heteroatoms. The van der Waals surface area contributed by atoms with Gasteiger partial charge in [-0.25, -0.2) is 0 Å². The molecule has 1 aromatic rings. The number of hydrogen-bond donors (Lipinski definition) is 3. The van der Waals surface area contributed by atoms with Gasteiger partial charge in [-0.3, -0.25) is 9.48 Å². The number of nitrogens with one attached hydrogen (secondary N) is 3. The van der Waals surface area contributed by atoms with Crippen molar-refractivity contribution in [2.75, 3.05) is 25.0 Å². The summed E-state index contributed by atoms with van der Waals surface area (Å²) >= 11 is 0. The molecule has 0 spiro atoms. The van der Waals surface area contributed by atoms with Crippen LogP contribution >= 0.6 is 0 Å². The lowest BCUT2D eigenvalue weighted by Gasteiger charge is -2.23. The summed E-state index contributed by atoms with van der Waals surface area (Å²) in [5, 5.41) is 13.1. The second-order valence-electron chi connectivity index (χ2n) is 3.54. The third kappa shape index (κ3) is 2.34. The Kier molecular flexibility index (Phi) is 2.98. The van der Waals surface area contributed by atoms with Gasteiger partial charge < -0.3 is 16.0 Å². The highest BCUT2D eigenvalue weighted by molar-refractivity contribution is 5.94. The van der Waals surface area contributed by atoms with E-state index in [0.717, 1.165) is 13.1 Å². The quantitative estimate of drug-likeness (QED) is 0.579. The molecule has 0 radical (unpaired) electrons. The van der Waals surface area contributed by atoms with Gasteiger partial charge in [0.2, 0.25) is 5.91 Å². The Morgan fingerprint density at radius 3 is 3.13 bits per heavy atom. The predicted octanol–water partition coefficient (Wildman–Crippen LogP) is -1.08. The van der Waals surface area contributed by atoms with E-state index >= 15 is 0 Å². The van der Waals surface area contributed by atoms with Gasteiger partial charge in [-0.1, -0.05) is 0 Å². The third-order valence-corrected chi connectivity index (χ3v) is 2.43. The molecule has 1 saturated heterocycles. The molecule has 1 fully saturated rings. The topological polar surface area (TPSA) is 71.0 Å². The van der Waals surface area contributed by atoms with Crippen LogP contribution < -0.4 is 16.0 Å². The second kappa shape index (κ2) is 4.41. The van der Waals surface area contributed by atoms with E-state index in [9.17, 15) is 4.79 Å². The van der Waals surface area contributed by atoms with Gasteiger partial charge in [0, 0.05) is 32.7 Å². The number of piperazine rings is 1. The van der Waals surface area contributed by atoms with Crippen LogP contribution in [-0.2, 0) is 11.8 Å². The zero-order valence-electron chi connectivity index (χ0n) is 8.66. The normalized spacial score (nSPS) is 21.3. The molecule has 1 atom stereocenters. The third-order valence-electron chi connectivity index (χ3n) is 2.43. The number of rotatable bonds is 2. The average Bonchev–Trinajstić information content (AvgIpc) is 2.66. The molecule has 6 nitrogen and oxygen atoms in total. The highest BCUT2D eigenvalue weighted by Crippen LogP contribution is 2.04. The van der Waals surface area contributed by atoms with Crippen molar-refractivity contribution in [2.45, 2.75) is 6.04 Å². The first-order valence-corrected chi connectivity index (χ1v) is 5.00. The monoisotopic (exact) mass is 209 g/mol. The fraction of sp³-hybridized carbons (Fsp3) is 0.556. The van der Waals surface area contributed by atoms with E-state index in [4.69, 9.17) is 0 Å². The lowest BCUT2D eigenvalue weighted by Crippen LogP contribution is -2.54. The zero-order valence-corrected chi connectivity index (χ0v) is 8.66. The Hall–Kier alpha value is -1.40. The summed E-state index contributed by atoms with van der Waals surface area (Å²) in [7, 11) is 1.79. The van der Waals surface area contributed by atoms with E-state index in [-0.39, 0.29) is 11.9 Å². The number of hydrogen-bond acceptors (Lipinski definition) is 4. The molecule has 82 valence electrons. The molecule has 2 heterocycles. The summed E-state index contributed by atoms with van der Waals surface area (Å²) in [5.74, 6) is 0.693. The van der Waals surface area contributed by atoms with Gasteiger partial charge in [-0.05, 0) is 0 Å². The van der Waals surface area contributed by atoms with Gasteiger partial charge >= 0.3 is 0 Å². The van der Waals surface area contributed by atoms with Crippen LogP contribution in [-0.4, -0.2) is 41.4 Å². The summed E-state index contributed by atoms with van der Waals surface area (Å²) in [4.78, 5) is 11.8. The summed E-state index contributed by atoms with van der Waals surface area (Å²) in [6.07, 6.45) is 1.65. The average molecular weight is 209 g/mol. The number of carbonyl (C=O) groups excluding carboxylic acids is 1. The molecule has 2 rings (SSSR count). The fourth-order valence-corrected chi connectivity index (χ4v) is 1.55. The summed E-state index contributed by atoms with van der Waals surface area (Å²) < 4.78 is 1.63. The van der Waals surface area contributed by atoms with E-state index in [1.165, 1.54) is 0 Å². The van der Waals surface area contributed by atoms with Gasteiger partial charge in [-0.2, -0.15) is 5.10 Å². The summed E-state index contributed by atoms with van der Waals surface area (Å²) in [5.41, 5.74) is 0. The molecule has 1 unspecified atom stereocenters. The lowest BCUT2D eigenvalue weighted by molar-refractivity contribution is -0.118. The number of anilines is 1. The minimum absolute atomic E-state index is 0.0224. The molecule has 1 aliphatic rings. The molecule has 0 bridgehead atoms. The Morgan fingerprint density at radius 1 is 1.67 bits per heavy atom. The van der Waals surface area contributed by atoms with Gasteiger partial charge in [0.1, 0.15) is 5.82 Å². The van der Waals surface area contributed by atoms with Crippen molar-refractivity contribution in [3.63, 3.8) is 0 Å². The van der Waals surface area contributed by atoms with Crippen LogP contribution in [0, 0.1) is 0 Å². The van der Waals surface area contributed by atoms with Crippen LogP contribution in [0.15, 0.2) is 12.3 Å². The molecule has 15 heavy (non-hydrogen) atoms. The van der Waals surface area contributed by atoms with E-state index in [0.29, 0.717) is 12.4 Å². The maximum Gasteiger partial charge on any atom is 0.243 e. The molecular weight excluding hydrogens is 194 g/mol. The molecule has 0 aliphatic carbocycles. The predicted molar refractivity (Wildman–Crippen MR) is 56.5 cm³/mol. The molecule has 1 aromatic heterocycles. The smallest absolute Gasteiger partial charge is 0.243 e. The second-order valence-corrected chi connectivity index (χ2v) is 3.54. The number of carbonyl (C=O) groups is 1. The van der Waals surface area contributed by atoms with E-state index in [2.05, 4.69) is 21.0 Å². The summed E-state index contributed by atoms with van der Waals surface area (Å²) in [6.45, 7) is 2.41. The van der Waals surface area contributed by atoms with Crippen LogP contribution in [0.3, 0.4) is 0 Å². The van der Waals surface area contributed by atoms with Crippen LogP contribution in [0.1, 0.15) is 0 Å². The van der Waals surface area contributed by atoms with Crippen molar-refractivity contribution in [3.05, 3.63) is 12.3 Å². The summed E-state index contributed by atoms with van der Waals surface area (Å²) in [6, 6.07) is 1.61. The number of amides is 1. The van der Waals surface area contributed by atoms with Crippen LogP contribution in [0.2, 0.25) is 0 Å². The Labute approximate surface area is 88.0 Å². The minimum atomic E-state index is -0.159. The number of aromatic nitrogens is 2. The first-order chi connectivity index (χ1) is 7.27. The van der Waals surface area contributed by atoms with Gasteiger partial charge in [-0.15, -0.1) is 0 Å². The Morgan fingerprint density at radius 2 is 2.53 bits per heavy atom. The van der Waals surface area contributed by atoms with Crippen molar-refractivity contribution in [3.8, 4) is 0 Å². The van der Waals surface area contributed by atoms with Gasteiger partial charge in [0.25, 0.3) is 0 Å². The van der Waals surface area contributed by atoms with Crippen molar-refractivity contribution in [2.24, 2.45) is 7.05 Å². The molecule has 1 aliphatic heterocycles. The van der Waals surface area contributed by atoms with Crippen molar-refractivity contribution < 1.29 is 4.79 Å². The maximum atomic E-state index is 11.8. The first kappa shape index (κ1) is 10.1. The highest BCUT2D eigenvalue weighted by atomic mass is 16.2. The molecule has 1 amide bonds. The standard InChI is InChI=1S/C9H15N5O/c1-14-8(2-3-12-14)13-9(15)7-6-10-4-5-11-7/h2-3,7,10-11H,4-6H2,1H3,(H,13,15). The number of aryl methyl sites for hydroxylation is 1.